The molecule has 3 aromatic heterocycles. The first-order valence-corrected chi connectivity index (χ1v) is 13.8. The Morgan fingerprint density at radius 3 is 2.53 bits per heavy atom. The van der Waals surface area contributed by atoms with Crippen molar-refractivity contribution in [3.8, 4) is 16.9 Å². The number of nitrogens with two attached hydrogens (primary N) is 1. The molecule has 4 fully saturated rings. The van der Waals surface area contributed by atoms with Gasteiger partial charge in [0, 0.05) is 35.8 Å². The third-order valence-electron chi connectivity index (χ3n) is 10.3. The molecule has 4 aliphatic carbocycles. The zero-order valence-corrected chi connectivity index (χ0v) is 22.3. The van der Waals surface area contributed by atoms with Gasteiger partial charge in [-0.05, 0) is 87.1 Å². The third-order valence-corrected chi connectivity index (χ3v) is 10.3. The van der Waals surface area contributed by atoms with Crippen LogP contribution in [0.1, 0.15) is 50.6 Å². The van der Waals surface area contributed by atoms with Gasteiger partial charge in [0.05, 0.1) is 24.1 Å². The summed E-state index contributed by atoms with van der Waals surface area (Å²) in [5.41, 5.74) is 10.4. The third kappa shape index (κ3) is 2.98. The van der Waals surface area contributed by atoms with Gasteiger partial charge in [0.2, 0.25) is 0 Å². The molecule has 0 bridgehead atoms. The van der Waals surface area contributed by atoms with Gasteiger partial charge in [0.25, 0.3) is 5.56 Å². The second-order valence-corrected chi connectivity index (χ2v) is 12.8. The summed E-state index contributed by atoms with van der Waals surface area (Å²) in [6.45, 7) is 1.10. The van der Waals surface area contributed by atoms with Crippen LogP contribution in [0.5, 0.6) is 5.75 Å². The lowest BCUT2D eigenvalue weighted by atomic mass is 9.80. The van der Waals surface area contributed by atoms with Crippen LogP contribution >= 0.6 is 0 Å². The maximum atomic E-state index is 13.9. The Balaban J connectivity index is 1.23. The van der Waals surface area contributed by atoms with E-state index >= 15 is 0 Å². The number of hydrogen-bond donors (Lipinski definition) is 1. The fraction of sp³-hybridized carbons (Fsp3) is 0.500. The normalized spacial score (nSPS) is 30.9. The quantitative estimate of drug-likeness (QED) is 0.407. The fourth-order valence-corrected chi connectivity index (χ4v) is 8.18. The molecule has 1 aromatic carbocycles. The summed E-state index contributed by atoms with van der Waals surface area (Å²) in [6, 6.07) is 6.75. The maximum absolute atomic E-state index is 13.9. The van der Waals surface area contributed by atoms with Crippen molar-refractivity contribution in [1.82, 2.24) is 24.0 Å². The molecule has 0 spiro atoms. The first kappa shape index (κ1) is 22.6. The monoisotopic (exact) mass is 510 g/mol. The predicted molar refractivity (Wildman–Crippen MR) is 148 cm³/mol. The predicted octanol–water partition coefficient (Wildman–Crippen LogP) is 4.63. The summed E-state index contributed by atoms with van der Waals surface area (Å²) in [5.74, 6) is 1.91. The molecular formula is C30H34N6O2. The molecule has 0 unspecified atom stereocenters. The zero-order valence-electron chi connectivity index (χ0n) is 22.3. The van der Waals surface area contributed by atoms with Gasteiger partial charge in [0.15, 0.2) is 0 Å². The van der Waals surface area contributed by atoms with Crippen LogP contribution in [0.3, 0.4) is 0 Å². The molecule has 0 atom stereocenters. The van der Waals surface area contributed by atoms with E-state index in [1.54, 1.807) is 13.4 Å². The van der Waals surface area contributed by atoms with Crippen LogP contribution in [0, 0.1) is 16.7 Å². The fourth-order valence-electron chi connectivity index (χ4n) is 8.18. The van der Waals surface area contributed by atoms with Gasteiger partial charge >= 0.3 is 0 Å². The van der Waals surface area contributed by atoms with Crippen LogP contribution < -0.4 is 16.0 Å². The van der Waals surface area contributed by atoms with E-state index in [-0.39, 0.29) is 11.6 Å². The number of methoxy groups -OCH3 is 1. The van der Waals surface area contributed by atoms with Crippen LogP contribution in [0.25, 0.3) is 32.9 Å². The Labute approximate surface area is 221 Å². The average molecular weight is 511 g/mol. The zero-order chi connectivity index (χ0) is 26.0. The number of fused-ring (bicyclic) bond motifs is 2. The summed E-state index contributed by atoms with van der Waals surface area (Å²) in [7, 11) is 5.95. The first-order valence-electron chi connectivity index (χ1n) is 13.8. The van der Waals surface area contributed by atoms with Crippen LogP contribution in [0.4, 0.5) is 5.82 Å². The molecule has 8 rings (SSSR count). The highest BCUT2D eigenvalue weighted by molar-refractivity contribution is 6.02. The first-order chi connectivity index (χ1) is 18.3. The second kappa shape index (κ2) is 7.38. The molecule has 38 heavy (non-hydrogen) atoms. The molecule has 0 aliphatic heterocycles. The van der Waals surface area contributed by atoms with Gasteiger partial charge in [-0.2, -0.15) is 0 Å². The summed E-state index contributed by atoms with van der Waals surface area (Å²) < 4.78 is 10.0. The number of aromatic nitrogens is 4. The Morgan fingerprint density at radius 1 is 1.05 bits per heavy atom. The van der Waals surface area contributed by atoms with Crippen molar-refractivity contribution in [1.29, 1.82) is 0 Å². The van der Waals surface area contributed by atoms with Crippen LogP contribution in [0.2, 0.25) is 0 Å². The Bertz CT molecular complexity index is 1670. The SMILES string of the molecule is COc1cn(C2CC34CC3(C2)C4)c(=O)c2cc(-c3cn(C4CC(CN(C)C)C4)c4ncnc(N)c34)ccc12. The van der Waals surface area contributed by atoms with Crippen LogP contribution in [0.15, 0.2) is 41.7 Å². The maximum Gasteiger partial charge on any atom is 0.258 e. The van der Waals surface area contributed by atoms with Crippen molar-refractivity contribution in [3.05, 3.63) is 47.3 Å². The number of anilines is 1. The van der Waals surface area contributed by atoms with Crippen LogP contribution in [-0.4, -0.2) is 51.8 Å². The molecule has 0 saturated heterocycles. The lowest BCUT2D eigenvalue weighted by Gasteiger charge is -2.38. The minimum absolute atomic E-state index is 0.0691. The average Bonchev–Trinajstić information content (AvgIpc) is 3.48. The molecule has 4 aromatic rings. The Hall–Kier alpha value is -3.39. The number of nitrogen functional groups attached to an aromatic ring is 1. The van der Waals surface area contributed by atoms with E-state index in [4.69, 9.17) is 10.5 Å². The van der Waals surface area contributed by atoms with Crippen molar-refractivity contribution in [3.63, 3.8) is 0 Å². The van der Waals surface area contributed by atoms with Gasteiger partial charge in [-0.15, -0.1) is 0 Å². The van der Waals surface area contributed by atoms with E-state index in [2.05, 4.69) is 45.8 Å². The number of rotatable bonds is 6. The molecule has 4 saturated carbocycles. The van der Waals surface area contributed by atoms with Crippen molar-refractivity contribution in [2.45, 2.75) is 50.6 Å². The molecule has 2 N–H and O–H groups in total. The lowest BCUT2D eigenvalue weighted by molar-refractivity contribution is 0.159. The van der Waals surface area contributed by atoms with Crippen molar-refractivity contribution >= 4 is 27.6 Å². The number of benzene rings is 1. The molecule has 3 heterocycles. The highest BCUT2D eigenvalue weighted by atomic mass is 16.5. The van der Waals surface area contributed by atoms with Gasteiger partial charge in [-0.3, -0.25) is 4.79 Å². The van der Waals surface area contributed by atoms with E-state index in [1.165, 1.54) is 12.8 Å². The second-order valence-electron chi connectivity index (χ2n) is 12.8. The van der Waals surface area contributed by atoms with Gasteiger partial charge in [0.1, 0.15) is 23.5 Å². The van der Waals surface area contributed by atoms with Gasteiger partial charge in [-0.25, -0.2) is 9.97 Å². The Kier molecular flexibility index (Phi) is 4.38. The molecule has 8 nitrogen and oxygen atoms in total. The van der Waals surface area contributed by atoms with Crippen molar-refractivity contribution < 1.29 is 4.74 Å². The lowest BCUT2D eigenvalue weighted by Crippen LogP contribution is -2.33. The number of hydrogen-bond acceptors (Lipinski definition) is 6. The van der Waals surface area contributed by atoms with Crippen molar-refractivity contribution in [2.75, 3.05) is 33.5 Å². The topological polar surface area (TPSA) is 91.2 Å². The van der Waals surface area contributed by atoms with E-state index < -0.39 is 0 Å². The summed E-state index contributed by atoms with van der Waals surface area (Å²) in [4.78, 5) is 25.1. The highest BCUT2D eigenvalue weighted by Gasteiger charge is 2.85. The van der Waals surface area contributed by atoms with E-state index in [9.17, 15) is 4.79 Å². The van der Waals surface area contributed by atoms with E-state index in [0.717, 1.165) is 65.5 Å². The smallest absolute Gasteiger partial charge is 0.258 e. The largest absolute Gasteiger partial charge is 0.495 e. The molecule has 0 amide bonds. The molecule has 4 aliphatic rings. The summed E-state index contributed by atoms with van der Waals surface area (Å²) in [5, 5.41) is 2.40. The number of pyridine rings is 1. The van der Waals surface area contributed by atoms with Gasteiger partial charge in [-0.1, -0.05) is 6.07 Å². The molecule has 196 valence electrons. The summed E-state index contributed by atoms with van der Waals surface area (Å²) in [6.07, 6.45) is 12.9. The van der Waals surface area contributed by atoms with Crippen LogP contribution in [-0.2, 0) is 0 Å². The molecular weight excluding hydrogens is 476 g/mol. The molecule has 8 heteroatoms. The minimum Gasteiger partial charge on any atom is -0.495 e. The number of nitrogens with zero attached hydrogens (tertiary/aromatic N) is 5. The standard InChI is InChI=1S/C30H34N6O2/c1-34(2)11-17-6-19(7-17)35-12-23(25-26(31)32-16-33-27(25)35)18-4-5-21-22(8-18)28(37)36(13-24(21)38-3)20-9-29-14-30(29,10-20)15-29/h4-5,8,12-13,16-17,19-20H,6-7,9-11,14-15H2,1-3H3,(H2,31,32,33). The van der Waals surface area contributed by atoms with Gasteiger partial charge < -0.3 is 24.5 Å². The molecule has 0 radical (unpaired) electrons. The highest BCUT2D eigenvalue weighted by Crippen LogP contribution is 2.94. The Morgan fingerprint density at radius 2 is 1.82 bits per heavy atom. The van der Waals surface area contributed by atoms with E-state index in [0.29, 0.717) is 34.0 Å². The summed E-state index contributed by atoms with van der Waals surface area (Å²) >= 11 is 0. The minimum atomic E-state index is 0.0691. The van der Waals surface area contributed by atoms with E-state index in [1.807, 2.05) is 22.9 Å². The van der Waals surface area contributed by atoms with Crippen molar-refractivity contribution in [2.24, 2.45) is 16.7 Å². The number of ether oxygens (including phenoxy) is 1.